The summed E-state index contributed by atoms with van der Waals surface area (Å²) in [7, 11) is 0. The predicted octanol–water partition coefficient (Wildman–Crippen LogP) is 3.82. The number of carbonyl (C=O) groups is 1. The summed E-state index contributed by atoms with van der Waals surface area (Å²) in [6.07, 6.45) is 1.40. The maximum absolute atomic E-state index is 11.7. The molecule has 162 valence electrons. The Hall–Kier alpha value is -4.80. The van der Waals surface area contributed by atoms with Crippen molar-refractivity contribution in [2.75, 3.05) is 6.61 Å². The number of hydrogen-bond donors (Lipinski definition) is 1. The summed E-state index contributed by atoms with van der Waals surface area (Å²) in [6.45, 7) is -0.192. The summed E-state index contributed by atoms with van der Waals surface area (Å²) >= 11 is 0. The van der Waals surface area contributed by atoms with Gasteiger partial charge in [-0.25, -0.2) is 5.43 Å². The van der Waals surface area contributed by atoms with Crippen LogP contribution in [0.25, 0.3) is 0 Å². The van der Waals surface area contributed by atoms with Gasteiger partial charge in [0.25, 0.3) is 11.6 Å². The molecular formula is C21H16N4O7. The molecule has 0 atom stereocenters. The molecule has 0 saturated heterocycles. The molecule has 11 heteroatoms. The molecule has 11 nitrogen and oxygen atoms in total. The number of nitro groups is 2. The second-order valence-electron chi connectivity index (χ2n) is 6.23. The average molecular weight is 436 g/mol. The van der Waals surface area contributed by atoms with Gasteiger partial charge in [-0.15, -0.1) is 0 Å². The molecule has 0 aromatic heterocycles. The van der Waals surface area contributed by atoms with E-state index in [2.05, 4.69) is 10.5 Å². The van der Waals surface area contributed by atoms with Crippen molar-refractivity contribution in [3.05, 3.63) is 98.6 Å². The lowest BCUT2D eigenvalue weighted by Crippen LogP contribution is -2.24. The van der Waals surface area contributed by atoms with Crippen molar-refractivity contribution < 1.29 is 24.1 Å². The van der Waals surface area contributed by atoms with Gasteiger partial charge in [-0.1, -0.05) is 18.2 Å². The normalized spacial score (nSPS) is 10.5. The van der Waals surface area contributed by atoms with Crippen LogP contribution in [0.4, 0.5) is 11.4 Å². The van der Waals surface area contributed by atoms with Gasteiger partial charge in [0.2, 0.25) is 5.75 Å². The van der Waals surface area contributed by atoms with Crippen LogP contribution in [0.15, 0.2) is 77.9 Å². The third kappa shape index (κ3) is 6.10. The number of hydrazone groups is 1. The third-order valence-corrected chi connectivity index (χ3v) is 3.97. The number of ether oxygens (including phenoxy) is 2. The summed E-state index contributed by atoms with van der Waals surface area (Å²) < 4.78 is 10.8. The lowest BCUT2D eigenvalue weighted by molar-refractivity contribution is -0.394. The number of benzene rings is 3. The highest BCUT2D eigenvalue weighted by Crippen LogP contribution is 2.34. The van der Waals surface area contributed by atoms with Gasteiger partial charge < -0.3 is 9.47 Å². The number of rotatable bonds is 9. The van der Waals surface area contributed by atoms with Crippen molar-refractivity contribution >= 4 is 23.5 Å². The summed E-state index contributed by atoms with van der Waals surface area (Å²) in [5.41, 5.74) is 2.03. The largest absolute Gasteiger partial charge is 0.484 e. The molecule has 0 bridgehead atoms. The third-order valence-electron chi connectivity index (χ3n) is 3.97. The first-order chi connectivity index (χ1) is 15.4. The maximum Gasteiger partial charge on any atom is 0.318 e. The molecule has 0 fully saturated rings. The second-order valence-corrected chi connectivity index (χ2v) is 6.23. The molecule has 0 unspecified atom stereocenters. The molecule has 0 heterocycles. The quantitative estimate of drug-likeness (QED) is 0.305. The van der Waals surface area contributed by atoms with E-state index in [1.807, 2.05) is 6.07 Å². The van der Waals surface area contributed by atoms with Crippen LogP contribution in [0.2, 0.25) is 0 Å². The molecule has 0 radical (unpaired) electrons. The Kier molecular flexibility index (Phi) is 7.05. The predicted molar refractivity (Wildman–Crippen MR) is 114 cm³/mol. The second kappa shape index (κ2) is 10.3. The monoisotopic (exact) mass is 436 g/mol. The van der Waals surface area contributed by atoms with E-state index in [0.29, 0.717) is 11.3 Å². The average Bonchev–Trinajstić information content (AvgIpc) is 2.79. The minimum Gasteiger partial charge on any atom is -0.484 e. The number of nitrogens with one attached hydrogen (secondary N) is 1. The minimum absolute atomic E-state index is 0.132. The Morgan fingerprint density at radius 3 is 2.31 bits per heavy atom. The molecular weight excluding hydrogens is 420 g/mol. The fourth-order valence-electron chi connectivity index (χ4n) is 2.47. The van der Waals surface area contributed by atoms with Crippen molar-refractivity contribution in [1.29, 1.82) is 0 Å². The Bertz CT molecular complexity index is 1150. The molecule has 3 aromatic rings. The maximum atomic E-state index is 11.7. The first-order valence-corrected chi connectivity index (χ1v) is 9.13. The molecule has 0 aliphatic rings. The van der Waals surface area contributed by atoms with Crippen LogP contribution in [-0.2, 0) is 4.79 Å². The Balaban J connectivity index is 1.56. The molecule has 0 aliphatic heterocycles. The smallest absolute Gasteiger partial charge is 0.318 e. The molecule has 0 saturated carbocycles. The molecule has 3 rings (SSSR count). The minimum atomic E-state index is -0.756. The van der Waals surface area contributed by atoms with E-state index in [1.165, 1.54) is 24.4 Å². The molecule has 32 heavy (non-hydrogen) atoms. The van der Waals surface area contributed by atoms with Crippen molar-refractivity contribution in [2.24, 2.45) is 5.10 Å². The molecule has 3 aromatic carbocycles. The van der Waals surface area contributed by atoms with E-state index in [-0.39, 0.29) is 18.1 Å². The van der Waals surface area contributed by atoms with Gasteiger partial charge in [-0.2, -0.15) is 5.10 Å². The zero-order valence-electron chi connectivity index (χ0n) is 16.4. The van der Waals surface area contributed by atoms with E-state index in [9.17, 15) is 25.0 Å². The van der Waals surface area contributed by atoms with Crippen molar-refractivity contribution in [1.82, 2.24) is 5.43 Å². The summed E-state index contributed by atoms with van der Waals surface area (Å²) in [4.78, 5) is 32.3. The topological polar surface area (TPSA) is 146 Å². The van der Waals surface area contributed by atoms with Crippen molar-refractivity contribution in [3.63, 3.8) is 0 Å². The number of nitro benzene ring substituents is 2. The molecule has 1 N–H and O–H groups in total. The van der Waals surface area contributed by atoms with Crippen LogP contribution in [0.1, 0.15) is 5.56 Å². The Morgan fingerprint density at radius 2 is 1.66 bits per heavy atom. The van der Waals surface area contributed by atoms with Crippen LogP contribution in [0.5, 0.6) is 17.2 Å². The first-order valence-electron chi connectivity index (χ1n) is 9.13. The van der Waals surface area contributed by atoms with Gasteiger partial charge in [0.1, 0.15) is 11.5 Å². The highest BCUT2D eigenvalue weighted by Gasteiger charge is 2.21. The lowest BCUT2D eigenvalue weighted by Gasteiger charge is -2.06. The summed E-state index contributed by atoms with van der Waals surface area (Å²) in [6, 6.07) is 18.3. The Labute approximate surface area is 181 Å². The Morgan fingerprint density at radius 1 is 0.938 bits per heavy atom. The van der Waals surface area contributed by atoms with Gasteiger partial charge in [-0.05, 0) is 48.0 Å². The first kappa shape index (κ1) is 21.9. The summed E-state index contributed by atoms with van der Waals surface area (Å²) in [5, 5.41) is 25.8. The lowest BCUT2D eigenvalue weighted by atomic mass is 10.2. The van der Waals surface area contributed by atoms with E-state index in [4.69, 9.17) is 9.47 Å². The van der Waals surface area contributed by atoms with Crippen molar-refractivity contribution in [3.8, 4) is 17.2 Å². The number of amides is 1. The van der Waals surface area contributed by atoms with Crippen LogP contribution < -0.4 is 14.9 Å². The number of para-hydroxylation sites is 1. The number of carbonyl (C=O) groups excluding carboxylic acids is 1. The van der Waals surface area contributed by atoms with E-state index >= 15 is 0 Å². The van der Waals surface area contributed by atoms with Gasteiger partial charge in [-0.3, -0.25) is 25.0 Å². The van der Waals surface area contributed by atoms with Crippen LogP contribution >= 0.6 is 0 Å². The number of hydrogen-bond acceptors (Lipinski definition) is 8. The fourth-order valence-corrected chi connectivity index (χ4v) is 2.47. The standard InChI is InChI=1S/C21H16N4O7/c26-21(14-31-17-4-2-1-3-5-17)23-22-13-15-6-9-18(10-7-15)32-20-11-8-16(24(27)28)12-19(20)25(29)30/h1-13H,14H2,(H,23,26)/b22-13-. The number of non-ortho nitro benzene ring substituents is 1. The fraction of sp³-hybridized carbons (Fsp3) is 0.0476. The molecule has 0 aliphatic carbocycles. The van der Waals surface area contributed by atoms with E-state index in [1.54, 1.807) is 36.4 Å². The van der Waals surface area contributed by atoms with E-state index in [0.717, 1.165) is 12.1 Å². The zero-order valence-corrected chi connectivity index (χ0v) is 16.4. The van der Waals surface area contributed by atoms with Gasteiger partial charge in [0, 0.05) is 6.07 Å². The highest BCUT2D eigenvalue weighted by atomic mass is 16.6. The van der Waals surface area contributed by atoms with Crippen LogP contribution in [0.3, 0.4) is 0 Å². The van der Waals surface area contributed by atoms with Gasteiger partial charge >= 0.3 is 5.69 Å². The van der Waals surface area contributed by atoms with Crippen molar-refractivity contribution in [2.45, 2.75) is 0 Å². The van der Waals surface area contributed by atoms with Crippen LogP contribution in [-0.4, -0.2) is 28.6 Å². The van der Waals surface area contributed by atoms with Gasteiger partial charge in [0.05, 0.1) is 22.1 Å². The van der Waals surface area contributed by atoms with Crippen LogP contribution in [0, 0.1) is 20.2 Å². The zero-order chi connectivity index (χ0) is 22.9. The van der Waals surface area contributed by atoms with E-state index < -0.39 is 27.1 Å². The number of nitrogens with zero attached hydrogens (tertiary/aromatic N) is 3. The molecule has 1 amide bonds. The molecule has 0 spiro atoms. The summed E-state index contributed by atoms with van der Waals surface area (Å²) in [5.74, 6) is 0.276. The highest BCUT2D eigenvalue weighted by molar-refractivity contribution is 5.83. The van der Waals surface area contributed by atoms with Gasteiger partial charge in [0.15, 0.2) is 6.61 Å². The SMILES string of the molecule is O=C(COc1ccccc1)N/N=C\c1ccc(Oc2ccc([N+](=O)[O-])cc2[N+](=O)[O-])cc1.